The van der Waals surface area contributed by atoms with E-state index in [4.69, 9.17) is 0 Å². The van der Waals surface area contributed by atoms with Crippen LogP contribution in [0.5, 0.6) is 0 Å². The van der Waals surface area contributed by atoms with E-state index in [0.29, 0.717) is 0 Å². The van der Waals surface area contributed by atoms with Crippen LogP contribution in [0.4, 0.5) is 0 Å². The van der Waals surface area contributed by atoms with Gasteiger partial charge in [-0.25, -0.2) is 0 Å². The normalized spacial score (nSPS) is 28.5. The van der Waals surface area contributed by atoms with Gasteiger partial charge in [0.1, 0.15) is 0 Å². The summed E-state index contributed by atoms with van der Waals surface area (Å²) in [6, 6.07) is 7.90. The van der Waals surface area contributed by atoms with Crippen LogP contribution in [-0.4, -0.2) is 8.79 Å². The van der Waals surface area contributed by atoms with E-state index in [0.717, 1.165) is 4.90 Å². The summed E-state index contributed by atoms with van der Waals surface area (Å²) in [5.41, 5.74) is 0. The zero-order chi connectivity index (χ0) is 7.84. The highest BCUT2D eigenvalue weighted by Crippen LogP contribution is 2.39. The topological polar surface area (TPSA) is 17.1 Å². The largest absolute Gasteiger partial charge is 0.253 e. The Hall–Kier alpha value is -0.280. The molecular weight excluding hydrogens is 176 g/mol. The molecule has 0 aromatic heterocycles. The number of hydrogen-bond acceptors (Lipinski definition) is 2. The van der Waals surface area contributed by atoms with Crippen LogP contribution < -0.4 is 0 Å². The monoisotopic (exact) mass is 184 g/mol. The fraction of sp³-hybridized carbons (Fsp3) is 0.250. The molecule has 11 heavy (non-hydrogen) atoms. The van der Waals surface area contributed by atoms with Gasteiger partial charge in [0.2, 0.25) is 0 Å². The van der Waals surface area contributed by atoms with E-state index < -0.39 is 10.8 Å². The molecule has 0 saturated carbocycles. The fourth-order valence-corrected chi connectivity index (χ4v) is 4.01. The molecule has 2 atom stereocenters. The third kappa shape index (κ3) is 1.12. The molecular formula is C8H8OS2. The van der Waals surface area contributed by atoms with Crippen molar-refractivity contribution in [3.05, 3.63) is 24.3 Å². The molecule has 58 valence electrons. The van der Waals surface area contributed by atoms with E-state index in [-0.39, 0.29) is 4.58 Å². The van der Waals surface area contributed by atoms with Gasteiger partial charge in [-0.2, -0.15) is 0 Å². The van der Waals surface area contributed by atoms with Gasteiger partial charge in [-0.1, -0.05) is 12.1 Å². The van der Waals surface area contributed by atoms with Gasteiger partial charge in [-0.05, 0) is 19.1 Å². The Kier molecular flexibility index (Phi) is 1.77. The SMILES string of the molecule is C[C@@H]1Sc2ccccc2S1=O. The third-order valence-corrected chi connectivity index (χ3v) is 4.94. The van der Waals surface area contributed by atoms with E-state index in [2.05, 4.69) is 0 Å². The van der Waals surface area contributed by atoms with Gasteiger partial charge in [0, 0.05) is 4.90 Å². The smallest absolute Gasteiger partial charge is 0.0867 e. The quantitative estimate of drug-likeness (QED) is 0.615. The predicted octanol–water partition coefficient (Wildman–Crippen LogP) is 2.25. The lowest BCUT2D eigenvalue weighted by molar-refractivity contribution is 0.682. The molecule has 0 fully saturated rings. The highest BCUT2D eigenvalue weighted by Gasteiger charge is 2.25. The summed E-state index contributed by atoms with van der Waals surface area (Å²) in [6.07, 6.45) is 0. The van der Waals surface area contributed by atoms with Crippen molar-refractivity contribution in [3.63, 3.8) is 0 Å². The first-order valence-corrected chi connectivity index (χ1v) is 5.54. The highest BCUT2D eigenvalue weighted by molar-refractivity contribution is 8.13. The second kappa shape index (κ2) is 2.64. The van der Waals surface area contributed by atoms with Gasteiger partial charge in [-0.15, -0.1) is 11.8 Å². The second-order valence-electron chi connectivity index (χ2n) is 2.43. The van der Waals surface area contributed by atoms with Crippen molar-refractivity contribution in [1.29, 1.82) is 0 Å². The summed E-state index contributed by atoms with van der Waals surface area (Å²) in [7, 11) is -0.780. The Labute approximate surface area is 72.7 Å². The molecule has 1 aliphatic rings. The summed E-state index contributed by atoms with van der Waals surface area (Å²) in [5, 5.41) is 0. The summed E-state index contributed by atoms with van der Waals surface area (Å²) >= 11 is 1.70. The van der Waals surface area contributed by atoms with Crippen molar-refractivity contribution in [1.82, 2.24) is 0 Å². The highest BCUT2D eigenvalue weighted by atomic mass is 32.2. The zero-order valence-corrected chi connectivity index (χ0v) is 7.74. The number of thioether (sulfide) groups is 1. The van der Waals surface area contributed by atoms with Crippen molar-refractivity contribution in [3.8, 4) is 0 Å². The van der Waals surface area contributed by atoms with Crippen molar-refractivity contribution in [2.45, 2.75) is 21.3 Å². The lowest BCUT2D eigenvalue weighted by Crippen LogP contribution is -1.97. The van der Waals surface area contributed by atoms with Crippen molar-refractivity contribution in [2.75, 3.05) is 0 Å². The van der Waals surface area contributed by atoms with E-state index in [1.165, 1.54) is 4.90 Å². The molecule has 0 spiro atoms. The van der Waals surface area contributed by atoms with Crippen LogP contribution in [0.1, 0.15) is 6.92 Å². The first-order valence-electron chi connectivity index (χ1n) is 3.45. The molecule has 0 bridgehead atoms. The van der Waals surface area contributed by atoms with Crippen LogP contribution in [0.2, 0.25) is 0 Å². The molecule has 1 nitrogen and oxygen atoms in total. The van der Waals surface area contributed by atoms with E-state index in [1.54, 1.807) is 11.8 Å². The Bertz CT molecular complexity index is 309. The molecule has 1 aromatic carbocycles. The molecule has 0 radical (unpaired) electrons. The van der Waals surface area contributed by atoms with Crippen LogP contribution >= 0.6 is 11.8 Å². The summed E-state index contributed by atoms with van der Waals surface area (Å²) < 4.78 is 11.7. The van der Waals surface area contributed by atoms with Gasteiger partial charge >= 0.3 is 0 Å². The molecule has 0 N–H and O–H groups in total. The molecule has 0 amide bonds. The maximum atomic E-state index is 11.5. The summed E-state index contributed by atoms with van der Waals surface area (Å²) in [6.45, 7) is 2.00. The molecule has 1 heterocycles. The maximum absolute atomic E-state index is 11.5. The Morgan fingerprint density at radius 1 is 1.45 bits per heavy atom. The van der Waals surface area contributed by atoms with Crippen molar-refractivity contribution >= 4 is 22.6 Å². The molecule has 3 heteroatoms. The summed E-state index contributed by atoms with van der Waals surface area (Å²) in [4.78, 5) is 2.18. The van der Waals surface area contributed by atoms with Crippen LogP contribution in [0, 0.1) is 0 Å². The Balaban J connectivity index is 2.55. The first kappa shape index (κ1) is 7.37. The molecule has 0 aliphatic carbocycles. The van der Waals surface area contributed by atoms with Crippen LogP contribution in [0.15, 0.2) is 34.1 Å². The molecule has 1 aromatic rings. The minimum atomic E-state index is -0.780. The average molecular weight is 184 g/mol. The number of hydrogen-bond donors (Lipinski definition) is 0. The minimum Gasteiger partial charge on any atom is -0.253 e. The number of benzene rings is 1. The first-order chi connectivity index (χ1) is 5.29. The molecule has 1 unspecified atom stereocenters. The van der Waals surface area contributed by atoms with E-state index in [1.807, 2.05) is 31.2 Å². The zero-order valence-electron chi connectivity index (χ0n) is 6.11. The van der Waals surface area contributed by atoms with E-state index in [9.17, 15) is 4.21 Å². The number of rotatable bonds is 0. The Morgan fingerprint density at radius 3 is 2.91 bits per heavy atom. The molecule has 2 rings (SSSR count). The average Bonchev–Trinajstić information content (AvgIpc) is 2.30. The van der Waals surface area contributed by atoms with Gasteiger partial charge in [0.05, 0.1) is 20.3 Å². The third-order valence-electron chi connectivity index (χ3n) is 1.66. The lowest BCUT2D eigenvalue weighted by atomic mass is 10.4. The van der Waals surface area contributed by atoms with Gasteiger partial charge < -0.3 is 0 Å². The summed E-state index contributed by atoms with van der Waals surface area (Å²) in [5.74, 6) is 0. The van der Waals surface area contributed by atoms with Crippen LogP contribution in [0.25, 0.3) is 0 Å². The van der Waals surface area contributed by atoms with Crippen molar-refractivity contribution < 1.29 is 4.21 Å². The molecule has 0 saturated heterocycles. The minimum absolute atomic E-state index is 0.229. The van der Waals surface area contributed by atoms with Gasteiger partial charge in [0.15, 0.2) is 0 Å². The predicted molar refractivity (Wildman–Crippen MR) is 48.2 cm³/mol. The number of fused-ring (bicyclic) bond motifs is 1. The Morgan fingerprint density at radius 2 is 2.18 bits per heavy atom. The van der Waals surface area contributed by atoms with Crippen LogP contribution in [0.3, 0.4) is 0 Å². The van der Waals surface area contributed by atoms with Gasteiger partial charge in [0.25, 0.3) is 0 Å². The maximum Gasteiger partial charge on any atom is 0.0867 e. The van der Waals surface area contributed by atoms with E-state index >= 15 is 0 Å². The fourth-order valence-electron chi connectivity index (χ4n) is 1.12. The van der Waals surface area contributed by atoms with Crippen LogP contribution in [-0.2, 0) is 10.8 Å². The van der Waals surface area contributed by atoms with Crippen molar-refractivity contribution in [2.24, 2.45) is 0 Å². The molecule has 1 aliphatic heterocycles. The lowest BCUT2D eigenvalue weighted by Gasteiger charge is -1.94. The standard InChI is InChI=1S/C8H8OS2/c1-6-10-7-4-2-3-5-8(7)11(6)9/h2-6H,1H3/t6-,11?/m1/s1. The second-order valence-corrected chi connectivity index (χ2v) is 5.85. The van der Waals surface area contributed by atoms with Gasteiger partial charge in [-0.3, -0.25) is 4.21 Å².